The first kappa shape index (κ1) is 12.0. The van der Waals surface area contributed by atoms with E-state index in [-0.39, 0.29) is 5.91 Å². The van der Waals surface area contributed by atoms with E-state index in [0.717, 1.165) is 12.8 Å². The lowest BCUT2D eigenvalue weighted by Gasteiger charge is -2.32. The third kappa shape index (κ3) is 3.20. The summed E-state index contributed by atoms with van der Waals surface area (Å²) in [5, 5.41) is 9.02. The Morgan fingerprint density at radius 3 is 2.87 bits per heavy atom. The quantitative estimate of drug-likeness (QED) is 0.724. The van der Waals surface area contributed by atoms with Gasteiger partial charge in [-0.3, -0.25) is 4.79 Å². The van der Waals surface area contributed by atoms with Crippen molar-refractivity contribution in [1.82, 2.24) is 4.90 Å². The van der Waals surface area contributed by atoms with Gasteiger partial charge < -0.3 is 14.7 Å². The van der Waals surface area contributed by atoms with Gasteiger partial charge in [-0.2, -0.15) is 0 Å². The van der Waals surface area contributed by atoms with Gasteiger partial charge >= 0.3 is 5.97 Å². The molecule has 1 unspecified atom stereocenters. The number of ether oxygens (including phenoxy) is 1. The van der Waals surface area contributed by atoms with Gasteiger partial charge in [0.05, 0.1) is 0 Å². The van der Waals surface area contributed by atoms with Gasteiger partial charge in [0.2, 0.25) is 5.91 Å². The number of rotatable bonds is 5. The van der Waals surface area contributed by atoms with Crippen LogP contribution in [-0.2, 0) is 14.3 Å². The Kier molecular flexibility index (Phi) is 4.55. The molecule has 1 saturated heterocycles. The molecule has 15 heavy (non-hydrogen) atoms. The largest absolute Gasteiger partial charge is 0.480 e. The van der Waals surface area contributed by atoms with E-state index in [2.05, 4.69) is 0 Å². The highest BCUT2D eigenvalue weighted by atomic mass is 16.5. The van der Waals surface area contributed by atoms with Crippen molar-refractivity contribution in [3.63, 3.8) is 0 Å². The van der Waals surface area contributed by atoms with Crippen LogP contribution in [0.2, 0.25) is 0 Å². The molecule has 1 fully saturated rings. The van der Waals surface area contributed by atoms with E-state index in [0.29, 0.717) is 26.0 Å². The molecule has 5 nitrogen and oxygen atoms in total. The van der Waals surface area contributed by atoms with Crippen LogP contribution in [0.3, 0.4) is 0 Å². The fourth-order valence-corrected chi connectivity index (χ4v) is 1.80. The fraction of sp³-hybridized carbons (Fsp3) is 0.800. The van der Waals surface area contributed by atoms with Crippen LogP contribution in [-0.4, -0.2) is 48.2 Å². The Morgan fingerprint density at radius 1 is 1.60 bits per heavy atom. The zero-order valence-corrected chi connectivity index (χ0v) is 8.94. The van der Waals surface area contributed by atoms with Crippen molar-refractivity contribution in [2.24, 2.45) is 0 Å². The summed E-state index contributed by atoms with van der Waals surface area (Å²) in [5.74, 6) is -0.993. The van der Waals surface area contributed by atoms with Gasteiger partial charge in [-0.1, -0.05) is 0 Å². The number of amides is 1. The number of nitrogens with zero attached hydrogens (tertiary/aromatic N) is 1. The van der Waals surface area contributed by atoms with Gasteiger partial charge in [-0.15, -0.1) is 0 Å². The van der Waals surface area contributed by atoms with Gasteiger partial charge in [0, 0.05) is 33.1 Å². The van der Waals surface area contributed by atoms with Crippen LogP contribution in [0.15, 0.2) is 0 Å². The summed E-state index contributed by atoms with van der Waals surface area (Å²) >= 11 is 0. The number of carboxylic acid groups (broad SMARTS) is 1. The number of piperidine rings is 1. The third-order valence-corrected chi connectivity index (χ3v) is 2.62. The number of likely N-dealkylation sites (tertiary alicyclic amines) is 1. The second kappa shape index (κ2) is 5.70. The minimum Gasteiger partial charge on any atom is -0.480 e. The number of carboxylic acids is 1. The molecule has 0 bridgehead atoms. The van der Waals surface area contributed by atoms with Crippen LogP contribution in [0.25, 0.3) is 0 Å². The number of methoxy groups -OCH3 is 1. The van der Waals surface area contributed by atoms with Gasteiger partial charge in [-0.05, 0) is 12.8 Å². The summed E-state index contributed by atoms with van der Waals surface area (Å²) < 4.78 is 4.85. The smallest absolute Gasteiger partial charge is 0.326 e. The molecule has 1 aliphatic heterocycles. The Hall–Kier alpha value is -1.10. The highest BCUT2D eigenvalue weighted by Crippen LogP contribution is 2.16. The second-order valence-electron chi connectivity index (χ2n) is 3.68. The molecular weight excluding hydrogens is 198 g/mol. The molecule has 1 heterocycles. The summed E-state index contributed by atoms with van der Waals surface area (Å²) in [5.41, 5.74) is 0. The normalized spacial score (nSPS) is 19.0. The molecule has 0 aliphatic carbocycles. The first-order valence-corrected chi connectivity index (χ1v) is 5.18. The minimum atomic E-state index is -0.942. The highest BCUT2D eigenvalue weighted by Gasteiger charge is 2.30. The lowest BCUT2D eigenvalue weighted by atomic mass is 10.1. The number of carbonyl (C=O) groups is 2. The van der Waals surface area contributed by atoms with Crippen molar-refractivity contribution in [3.8, 4) is 0 Å². The maximum absolute atomic E-state index is 11.5. The molecule has 5 heteroatoms. The molecule has 0 spiro atoms. The third-order valence-electron chi connectivity index (χ3n) is 2.62. The topological polar surface area (TPSA) is 66.8 Å². The lowest BCUT2D eigenvalue weighted by Crippen LogP contribution is -2.47. The number of hydrogen-bond donors (Lipinski definition) is 1. The highest BCUT2D eigenvalue weighted by molar-refractivity contribution is 5.84. The van der Waals surface area contributed by atoms with E-state index in [4.69, 9.17) is 9.84 Å². The monoisotopic (exact) mass is 215 g/mol. The van der Waals surface area contributed by atoms with Gasteiger partial charge in [0.25, 0.3) is 0 Å². The molecule has 0 aromatic heterocycles. The number of carbonyl (C=O) groups excluding carboxylic acids is 1. The summed E-state index contributed by atoms with van der Waals surface area (Å²) in [4.78, 5) is 24.0. The number of hydrogen-bond acceptors (Lipinski definition) is 3. The fourth-order valence-electron chi connectivity index (χ4n) is 1.80. The van der Waals surface area contributed by atoms with Crippen molar-refractivity contribution >= 4 is 11.9 Å². The van der Waals surface area contributed by atoms with Gasteiger partial charge in [0.15, 0.2) is 0 Å². The van der Waals surface area contributed by atoms with Gasteiger partial charge in [-0.25, -0.2) is 4.79 Å². The van der Waals surface area contributed by atoms with Crippen molar-refractivity contribution in [3.05, 3.63) is 0 Å². The van der Waals surface area contributed by atoms with Crippen LogP contribution in [0.1, 0.15) is 25.7 Å². The molecule has 86 valence electrons. The Labute approximate surface area is 89.0 Å². The summed E-state index contributed by atoms with van der Waals surface area (Å²) in [6.45, 7) is 0.917. The zero-order valence-electron chi connectivity index (χ0n) is 8.94. The molecule has 0 radical (unpaired) electrons. The van der Waals surface area contributed by atoms with Crippen molar-refractivity contribution < 1.29 is 19.4 Å². The molecule has 1 aliphatic rings. The van der Waals surface area contributed by atoms with Crippen LogP contribution in [0.4, 0.5) is 0 Å². The van der Waals surface area contributed by atoms with Crippen molar-refractivity contribution in [2.75, 3.05) is 20.3 Å². The molecule has 0 saturated carbocycles. The van der Waals surface area contributed by atoms with E-state index in [1.165, 1.54) is 12.0 Å². The Morgan fingerprint density at radius 2 is 2.33 bits per heavy atom. The molecule has 1 N–H and O–H groups in total. The Balaban J connectivity index is 2.60. The predicted molar refractivity (Wildman–Crippen MR) is 53.5 cm³/mol. The molecule has 1 amide bonds. The van der Waals surface area contributed by atoms with Crippen LogP contribution in [0.5, 0.6) is 0 Å². The van der Waals surface area contributed by atoms with Crippen LogP contribution >= 0.6 is 0 Å². The molecule has 1 atom stereocenters. The van der Waals surface area contributed by atoms with Crippen molar-refractivity contribution in [2.45, 2.75) is 31.7 Å². The van der Waals surface area contributed by atoms with E-state index in [1.807, 2.05) is 0 Å². The average molecular weight is 215 g/mol. The summed E-state index contributed by atoms with van der Waals surface area (Å²) in [6, 6.07) is -0.724. The van der Waals surface area contributed by atoms with E-state index < -0.39 is 12.0 Å². The SMILES string of the molecule is COCCC(C(=O)O)N1CCCCC1=O. The molecule has 0 aromatic rings. The second-order valence-corrected chi connectivity index (χ2v) is 3.68. The number of aliphatic carboxylic acids is 1. The minimum absolute atomic E-state index is 0.0512. The summed E-state index contributed by atoms with van der Waals surface area (Å²) in [6.07, 6.45) is 2.59. The van der Waals surface area contributed by atoms with E-state index in [1.54, 1.807) is 0 Å². The van der Waals surface area contributed by atoms with Crippen LogP contribution in [0, 0.1) is 0 Å². The summed E-state index contributed by atoms with van der Waals surface area (Å²) in [7, 11) is 1.52. The molecule has 1 rings (SSSR count). The molecular formula is C10H17NO4. The molecule has 0 aromatic carbocycles. The van der Waals surface area contributed by atoms with E-state index in [9.17, 15) is 9.59 Å². The maximum atomic E-state index is 11.5. The lowest BCUT2D eigenvalue weighted by molar-refractivity contribution is -0.152. The van der Waals surface area contributed by atoms with Gasteiger partial charge in [0.1, 0.15) is 6.04 Å². The first-order valence-electron chi connectivity index (χ1n) is 5.18. The van der Waals surface area contributed by atoms with Crippen molar-refractivity contribution in [1.29, 1.82) is 0 Å². The maximum Gasteiger partial charge on any atom is 0.326 e. The zero-order chi connectivity index (χ0) is 11.3. The van der Waals surface area contributed by atoms with E-state index >= 15 is 0 Å². The first-order chi connectivity index (χ1) is 7.16. The Bertz CT molecular complexity index is 242. The predicted octanol–water partition coefficient (Wildman–Crippen LogP) is 0.489. The standard InChI is InChI=1S/C10H17NO4/c1-15-7-5-8(10(13)14)11-6-3-2-4-9(11)12/h8H,2-7H2,1H3,(H,13,14). The average Bonchev–Trinajstić information content (AvgIpc) is 2.20. The van der Waals surface area contributed by atoms with Crippen LogP contribution < -0.4 is 0 Å².